The van der Waals surface area contributed by atoms with Crippen molar-refractivity contribution < 1.29 is 19.1 Å². The van der Waals surface area contributed by atoms with Gasteiger partial charge in [0, 0.05) is 22.2 Å². The zero-order chi connectivity index (χ0) is 19.7. The Hall–Kier alpha value is -2.28. The summed E-state index contributed by atoms with van der Waals surface area (Å²) in [5.74, 6) is -0.623. The molecule has 0 radical (unpaired) electrons. The van der Waals surface area contributed by atoms with Crippen molar-refractivity contribution in [3.8, 4) is 0 Å². The monoisotopic (exact) mass is 451 g/mol. The zero-order valence-electron chi connectivity index (χ0n) is 15.4. The standard InChI is InChI=1S/C23H18BrNO4/c24-15-10-25-19(14-9-5-4-8-13(14)15)18-17(16-11-28-23(29-16)22(18)27)20(25)21(26)12-6-2-1-3-7-12/h1-10,16-20,23H,11H2/t16?,17-,18-,19+,20-,23?/m1/s1. The molecule has 4 aliphatic heterocycles. The highest BCUT2D eigenvalue weighted by Crippen LogP contribution is 2.56. The Balaban J connectivity index is 1.54. The summed E-state index contributed by atoms with van der Waals surface area (Å²) in [4.78, 5) is 29.0. The minimum atomic E-state index is -0.810. The molecule has 2 bridgehead atoms. The van der Waals surface area contributed by atoms with Gasteiger partial charge in [0.25, 0.3) is 0 Å². The van der Waals surface area contributed by atoms with Gasteiger partial charge in [-0.15, -0.1) is 0 Å². The van der Waals surface area contributed by atoms with Gasteiger partial charge < -0.3 is 14.4 Å². The SMILES string of the molecule is O=C1C2OCC(O2)[C@@H]2[C@@H]1[C@@H]1c3ccccc3C(Br)=CN1[C@H]2C(=O)c1ccccc1. The fraction of sp³-hybridized carbons (Fsp3) is 0.304. The van der Waals surface area contributed by atoms with Crippen molar-refractivity contribution in [2.75, 3.05) is 6.61 Å². The quantitative estimate of drug-likeness (QED) is 0.653. The molecule has 5 nitrogen and oxygen atoms in total. The molecule has 3 saturated heterocycles. The third-order valence-corrected chi connectivity index (χ3v) is 7.22. The molecular weight excluding hydrogens is 434 g/mol. The van der Waals surface area contributed by atoms with Crippen LogP contribution in [0.5, 0.6) is 0 Å². The van der Waals surface area contributed by atoms with Crippen molar-refractivity contribution in [1.29, 1.82) is 0 Å². The van der Waals surface area contributed by atoms with Crippen molar-refractivity contribution in [3.05, 3.63) is 77.5 Å². The van der Waals surface area contributed by atoms with Crippen LogP contribution >= 0.6 is 15.9 Å². The number of carbonyl (C=O) groups excluding carboxylic acids is 2. The normalized spacial score (nSPS) is 34.3. The number of benzene rings is 2. The third-order valence-electron chi connectivity index (χ3n) is 6.59. The topological polar surface area (TPSA) is 55.8 Å². The van der Waals surface area contributed by atoms with Gasteiger partial charge in [-0.05, 0) is 27.1 Å². The Bertz CT molecular complexity index is 1050. The number of fused-ring (bicyclic) bond motifs is 8. The largest absolute Gasteiger partial charge is 0.358 e. The second kappa shape index (κ2) is 6.36. The Labute approximate surface area is 176 Å². The molecular formula is C23H18BrNO4. The Morgan fingerprint density at radius 2 is 1.83 bits per heavy atom. The molecule has 2 aromatic rings. The summed E-state index contributed by atoms with van der Waals surface area (Å²) in [6.07, 6.45) is 0.916. The number of ether oxygens (including phenoxy) is 2. The highest BCUT2D eigenvalue weighted by Gasteiger charge is 2.64. The minimum absolute atomic E-state index is 0.0146. The summed E-state index contributed by atoms with van der Waals surface area (Å²) in [6.45, 7) is 0.350. The average molecular weight is 452 g/mol. The van der Waals surface area contributed by atoms with Crippen LogP contribution in [0.3, 0.4) is 0 Å². The Kier molecular flexibility index (Phi) is 3.85. The first-order chi connectivity index (χ1) is 14.1. The molecule has 2 aromatic carbocycles. The van der Waals surface area contributed by atoms with Gasteiger partial charge >= 0.3 is 0 Å². The van der Waals surface area contributed by atoms with Gasteiger partial charge in [0.05, 0.1) is 30.7 Å². The molecule has 4 heterocycles. The van der Waals surface area contributed by atoms with E-state index in [1.165, 1.54) is 0 Å². The molecule has 3 fully saturated rings. The van der Waals surface area contributed by atoms with Crippen LogP contribution in [0, 0.1) is 11.8 Å². The first kappa shape index (κ1) is 17.6. The van der Waals surface area contributed by atoms with Gasteiger partial charge in [-0.2, -0.15) is 0 Å². The van der Waals surface area contributed by atoms with Crippen LogP contribution < -0.4 is 0 Å². The van der Waals surface area contributed by atoms with E-state index in [9.17, 15) is 9.59 Å². The molecule has 0 aliphatic carbocycles. The van der Waals surface area contributed by atoms with Crippen LogP contribution in [0.2, 0.25) is 0 Å². The molecule has 6 rings (SSSR count). The lowest BCUT2D eigenvalue weighted by molar-refractivity contribution is -0.164. The van der Waals surface area contributed by atoms with Crippen molar-refractivity contribution in [2.24, 2.45) is 11.8 Å². The van der Waals surface area contributed by atoms with E-state index < -0.39 is 12.3 Å². The number of nitrogens with zero attached hydrogens (tertiary/aromatic N) is 1. The van der Waals surface area contributed by atoms with E-state index in [4.69, 9.17) is 9.47 Å². The molecule has 146 valence electrons. The maximum Gasteiger partial charge on any atom is 0.218 e. The van der Waals surface area contributed by atoms with Gasteiger partial charge in [0.15, 0.2) is 11.6 Å². The van der Waals surface area contributed by atoms with Gasteiger partial charge in [-0.1, -0.05) is 54.6 Å². The molecule has 6 heteroatoms. The highest BCUT2D eigenvalue weighted by molar-refractivity contribution is 9.15. The van der Waals surface area contributed by atoms with Gasteiger partial charge in [0.1, 0.15) is 0 Å². The molecule has 0 amide bonds. The molecule has 2 unspecified atom stereocenters. The smallest absolute Gasteiger partial charge is 0.218 e. The molecule has 0 aromatic heterocycles. The fourth-order valence-electron chi connectivity index (χ4n) is 5.44. The Morgan fingerprint density at radius 3 is 2.66 bits per heavy atom. The average Bonchev–Trinajstić information content (AvgIpc) is 3.34. The van der Waals surface area contributed by atoms with E-state index in [1.54, 1.807) is 0 Å². The van der Waals surface area contributed by atoms with Crippen LogP contribution in [0.1, 0.15) is 27.5 Å². The van der Waals surface area contributed by atoms with E-state index in [-0.39, 0.29) is 35.5 Å². The predicted octanol–water partition coefficient (Wildman–Crippen LogP) is 3.56. The van der Waals surface area contributed by atoms with Crippen LogP contribution in [0.4, 0.5) is 0 Å². The van der Waals surface area contributed by atoms with Crippen LogP contribution in [0.25, 0.3) is 4.48 Å². The summed E-state index contributed by atoms with van der Waals surface area (Å²) in [5.41, 5.74) is 2.77. The van der Waals surface area contributed by atoms with E-state index >= 15 is 0 Å². The van der Waals surface area contributed by atoms with E-state index in [0.29, 0.717) is 12.2 Å². The second-order valence-corrected chi connectivity index (χ2v) is 8.83. The van der Waals surface area contributed by atoms with E-state index in [1.807, 2.05) is 54.7 Å². The lowest BCUT2D eigenvalue weighted by Gasteiger charge is -2.35. The first-order valence-corrected chi connectivity index (χ1v) is 10.6. The summed E-state index contributed by atoms with van der Waals surface area (Å²) in [5, 5.41) is 0. The lowest BCUT2D eigenvalue weighted by Crippen LogP contribution is -2.48. The van der Waals surface area contributed by atoms with Crippen LogP contribution in [-0.2, 0) is 14.3 Å². The molecule has 6 atom stereocenters. The van der Waals surface area contributed by atoms with E-state index in [0.717, 1.165) is 15.6 Å². The van der Waals surface area contributed by atoms with Crippen molar-refractivity contribution in [3.63, 3.8) is 0 Å². The summed E-state index contributed by atoms with van der Waals surface area (Å²) in [6, 6.07) is 16.7. The summed E-state index contributed by atoms with van der Waals surface area (Å²) >= 11 is 3.68. The number of hydrogen-bond acceptors (Lipinski definition) is 5. The van der Waals surface area contributed by atoms with E-state index in [2.05, 4.69) is 26.9 Å². The molecule has 0 saturated carbocycles. The van der Waals surface area contributed by atoms with Crippen LogP contribution in [0.15, 0.2) is 60.8 Å². The number of hydrogen-bond donors (Lipinski definition) is 0. The molecule has 0 N–H and O–H groups in total. The van der Waals surface area contributed by atoms with Crippen molar-refractivity contribution in [2.45, 2.75) is 24.5 Å². The highest BCUT2D eigenvalue weighted by atomic mass is 79.9. The van der Waals surface area contributed by atoms with Crippen molar-refractivity contribution in [1.82, 2.24) is 4.90 Å². The number of ketones is 2. The molecule has 0 spiro atoms. The van der Waals surface area contributed by atoms with Crippen LogP contribution in [-0.4, -0.2) is 41.5 Å². The third kappa shape index (κ3) is 2.40. The summed E-state index contributed by atoms with van der Waals surface area (Å²) < 4.78 is 12.4. The van der Waals surface area contributed by atoms with Gasteiger partial charge in [0.2, 0.25) is 6.29 Å². The maximum atomic E-state index is 13.7. The number of Topliss-reactive ketones (excluding diaryl/α,β-unsaturated/α-hetero) is 2. The maximum absolute atomic E-state index is 13.7. The predicted molar refractivity (Wildman–Crippen MR) is 109 cm³/mol. The Morgan fingerprint density at radius 1 is 1.07 bits per heavy atom. The lowest BCUT2D eigenvalue weighted by atomic mass is 9.75. The minimum Gasteiger partial charge on any atom is -0.358 e. The number of halogens is 1. The number of rotatable bonds is 2. The van der Waals surface area contributed by atoms with Gasteiger partial charge in [-0.25, -0.2) is 0 Å². The fourth-order valence-corrected chi connectivity index (χ4v) is 6.04. The van der Waals surface area contributed by atoms with Crippen molar-refractivity contribution >= 4 is 32.0 Å². The van der Waals surface area contributed by atoms with Gasteiger partial charge in [-0.3, -0.25) is 9.59 Å². The second-order valence-electron chi connectivity index (χ2n) is 7.98. The summed E-state index contributed by atoms with van der Waals surface area (Å²) in [7, 11) is 0. The zero-order valence-corrected chi connectivity index (χ0v) is 17.0. The molecule has 4 aliphatic rings. The number of carbonyl (C=O) groups is 2. The molecule has 29 heavy (non-hydrogen) atoms. The first-order valence-electron chi connectivity index (χ1n) is 9.79.